The maximum absolute atomic E-state index is 2.50. The molecule has 0 heterocycles. The van der Waals surface area contributed by atoms with Gasteiger partial charge in [0.05, 0.1) is 0 Å². The molecule has 0 heteroatoms. The Morgan fingerprint density at radius 2 is 1.16 bits per heavy atom. The van der Waals surface area contributed by atoms with E-state index in [1.165, 1.54) is 61.2 Å². The van der Waals surface area contributed by atoms with Crippen molar-refractivity contribution in [2.75, 3.05) is 0 Å². The molecule has 0 spiro atoms. The van der Waals surface area contributed by atoms with Crippen molar-refractivity contribution >= 4 is 5.57 Å². The van der Waals surface area contributed by atoms with E-state index in [0.717, 1.165) is 6.42 Å². The Morgan fingerprint density at radius 3 is 1.92 bits per heavy atom. The van der Waals surface area contributed by atoms with Crippen molar-refractivity contribution in [2.24, 2.45) is 0 Å². The SMILES string of the molecule is CC1(C)c2cc(-c3ccccc3)ccc2-c2ccc(C3C=C(c4ccccc4)c4ccccc4C3)cc21. The second-order valence-electron chi connectivity index (χ2n) is 11.0. The van der Waals surface area contributed by atoms with E-state index in [1.807, 2.05) is 0 Å². The van der Waals surface area contributed by atoms with Crippen LogP contribution in [0.3, 0.4) is 0 Å². The summed E-state index contributed by atoms with van der Waals surface area (Å²) >= 11 is 0. The number of rotatable bonds is 3. The monoisotopic (exact) mass is 474 g/mol. The minimum Gasteiger partial charge on any atom is -0.0682 e. The van der Waals surface area contributed by atoms with Gasteiger partial charge in [-0.25, -0.2) is 0 Å². The van der Waals surface area contributed by atoms with E-state index in [0.29, 0.717) is 5.92 Å². The van der Waals surface area contributed by atoms with Gasteiger partial charge in [0.25, 0.3) is 0 Å². The minimum atomic E-state index is -0.0377. The van der Waals surface area contributed by atoms with Crippen LogP contribution >= 0.6 is 0 Å². The lowest BCUT2D eigenvalue weighted by Gasteiger charge is -2.27. The third kappa shape index (κ3) is 3.59. The second-order valence-corrected chi connectivity index (χ2v) is 11.0. The largest absolute Gasteiger partial charge is 0.0682 e. The van der Waals surface area contributed by atoms with Gasteiger partial charge in [-0.2, -0.15) is 0 Å². The van der Waals surface area contributed by atoms with Crippen LogP contribution in [0.15, 0.2) is 127 Å². The summed E-state index contributed by atoms with van der Waals surface area (Å²) in [5.74, 6) is 0.356. The van der Waals surface area contributed by atoms with Crippen molar-refractivity contribution in [1.82, 2.24) is 0 Å². The molecule has 0 bridgehead atoms. The van der Waals surface area contributed by atoms with Gasteiger partial charge in [-0.05, 0) is 73.7 Å². The molecule has 0 radical (unpaired) electrons. The summed E-state index contributed by atoms with van der Waals surface area (Å²) in [5.41, 5.74) is 15.0. The fraction of sp³-hybridized carbons (Fsp3) is 0.135. The van der Waals surface area contributed by atoms with E-state index in [1.54, 1.807) is 0 Å². The van der Waals surface area contributed by atoms with Crippen LogP contribution in [-0.2, 0) is 11.8 Å². The van der Waals surface area contributed by atoms with Crippen molar-refractivity contribution in [3.63, 3.8) is 0 Å². The highest BCUT2D eigenvalue weighted by atomic mass is 14.4. The summed E-state index contributed by atoms with van der Waals surface area (Å²) in [6.07, 6.45) is 3.54. The minimum absolute atomic E-state index is 0.0377. The quantitative estimate of drug-likeness (QED) is 0.244. The zero-order chi connectivity index (χ0) is 25.0. The zero-order valence-corrected chi connectivity index (χ0v) is 21.4. The molecule has 0 aliphatic heterocycles. The van der Waals surface area contributed by atoms with E-state index < -0.39 is 0 Å². The van der Waals surface area contributed by atoms with Crippen LogP contribution in [0.5, 0.6) is 0 Å². The molecule has 1 atom stereocenters. The highest BCUT2D eigenvalue weighted by molar-refractivity contribution is 5.85. The number of fused-ring (bicyclic) bond motifs is 4. The zero-order valence-electron chi connectivity index (χ0n) is 21.4. The van der Waals surface area contributed by atoms with Gasteiger partial charge in [-0.1, -0.05) is 135 Å². The Kier molecular flexibility index (Phi) is 5.04. The Bertz CT molecular complexity index is 1650. The van der Waals surface area contributed by atoms with Crippen molar-refractivity contribution < 1.29 is 0 Å². The predicted molar refractivity (Wildman–Crippen MR) is 156 cm³/mol. The highest BCUT2D eigenvalue weighted by Crippen LogP contribution is 2.51. The predicted octanol–water partition coefficient (Wildman–Crippen LogP) is 9.43. The maximum atomic E-state index is 2.50. The average molecular weight is 475 g/mol. The number of hydrogen-bond acceptors (Lipinski definition) is 0. The van der Waals surface area contributed by atoms with Crippen LogP contribution in [0, 0.1) is 0 Å². The molecule has 7 rings (SSSR count). The average Bonchev–Trinajstić information content (AvgIpc) is 3.19. The summed E-state index contributed by atoms with van der Waals surface area (Å²) in [6, 6.07) is 44.7. The molecule has 0 fully saturated rings. The molecule has 2 aliphatic rings. The summed E-state index contributed by atoms with van der Waals surface area (Å²) in [5, 5.41) is 0. The van der Waals surface area contributed by atoms with Gasteiger partial charge < -0.3 is 0 Å². The molecule has 0 aromatic heterocycles. The molecule has 37 heavy (non-hydrogen) atoms. The van der Waals surface area contributed by atoms with E-state index in [-0.39, 0.29) is 5.41 Å². The van der Waals surface area contributed by atoms with Crippen molar-refractivity contribution in [2.45, 2.75) is 31.6 Å². The first-order chi connectivity index (χ1) is 18.1. The van der Waals surface area contributed by atoms with Crippen molar-refractivity contribution in [3.05, 3.63) is 161 Å². The van der Waals surface area contributed by atoms with Crippen LogP contribution in [0.25, 0.3) is 27.8 Å². The first-order valence-electron chi connectivity index (χ1n) is 13.3. The molecule has 0 N–H and O–H groups in total. The molecule has 0 nitrogen and oxygen atoms in total. The molecule has 1 unspecified atom stereocenters. The summed E-state index contributed by atoms with van der Waals surface area (Å²) in [7, 11) is 0. The van der Waals surface area contributed by atoms with Gasteiger partial charge >= 0.3 is 0 Å². The van der Waals surface area contributed by atoms with E-state index >= 15 is 0 Å². The van der Waals surface area contributed by atoms with Crippen molar-refractivity contribution in [1.29, 1.82) is 0 Å². The Balaban J connectivity index is 1.31. The van der Waals surface area contributed by atoms with Crippen LogP contribution in [0.1, 0.15) is 53.1 Å². The third-order valence-electron chi connectivity index (χ3n) is 8.44. The fourth-order valence-corrected chi connectivity index (χ4v) is 6.43. The van der Waals surface area contributed by atoms with Gasteiger partial charge in [-0.15, -0.1) is 0 Å². The molecular formula is C37H30. The molecule has 5 aromatic rings. The van der Waals surface area contributed by atoms with Crippen LogP contribution in [0.4, 0.5) is 0 Å². The van der Waals surface area contributed by atoms with Gasteiger partial charge in [-0.3, -0.25) is 0 Å². The van der Waals surface area contributed by atoms with Crippen LogP contribution < -0.4 is 0 Å². The molecule has 0 saturated heterocycles. The molecule has 178 valence electrons. The third-order valence-corrected chi connectivity index (χ3v) is 8.44. The Labute approximate surface area is 220 Å². The lowest BCUT2D eigenvalue weighted by Crippen LogP contribution is -2.16. The number of benzene rings is 5. The van der Waals surface area contributed by atoms with Crippen molar-refractivity contribution in [3.8, 4) is 22.3 Å². The smallest absolute Gasteiger partial charge is 0.0159 e. The van der Waals surface area contributed by atoms with Crippen LogP contribution in [0.2, 0.25) is 0 Å². The first-order valence-corrected chi connectivity index (χ1v) is 13.3. The van der Waals surface area contributed by atoms with Gasteiger partial charge in [0.2, 0.25) is 0 Å². The Hall–Kier alpha value is -4.16. The molecule has 5 aromatic carbocycles. The topological polar surface area (TPSA) is 0 Å². The maximum Gasteiger partial charge on any atom is 0.0159 e. The van der Waals surface area contributed by atoms with E-state index in [4.69, 9.17) is 0 Å². The second kappa shape index (κ2) is 8.46. The van der Waals surface area contributed by atoms with Crippen LogP contribution in [-0.4, -0.2) is 0 Å². The molecule has 0 saturated carbocycles. The fourth-order valence-electron chi connectivity index (χ4n) is 6.43. The number of allylic oxidation sites excluding steroid dienone is 1. The number of hydrogen-bond donors (Lipinski definition) is 0. The lowest BCUT2D eigenvalue weighted by atomic mass is 9.77. The summed E-state index contributed by atoms with van der Waals surface area (Å²) in [4.78, 5) is 0. The molecule has 2 aliphatic carbocycles. The van der Waals surface area contributed by atoms with Gasteiger partial charge in [0.15, 0.2) is 0 Å². The highest BCUT2D eigenvalue weighted by Gasteiger charge is 2.36. The van der Waals surface area contributed by atoms with E-state index in [9.17, 15) is 0 Å². The summed E-state index contributed by atoms with van der Waals surface area (Å²) < 4.78 is 0. The molecular weight excluding hydrogens is 444 g/mol. The standard InChI is InChI=1S/C37H30/c1-37(2)35-23-27(25-11-5-3-6-12-25)17-19-32(35)33-20-18-28(24-36(33)37)30-21-29-15-9-10-16-31(29)34(22-30)26-13-7-4-8-14-26/h3-20,22-24,30H,21H2,1-2H3. The van der Waals surface area contributed by atoms with Gasteiger partial charge in [0.1, 0.15) is 0 Å². The first kappa shape index (κ1) is 22.1. The molecule has 0 amide bonds. The van der Waals surface area contributed by atoms with E-state index in [2.05, 4.69) is 141 Å². The summed E-state index contributed by atoms with van der Waals surface area (Å²) in [6.45, 7) is 4.77. The normalized spacial score (nSPS) is 16.9. The Morgan fingerprint density at radius 1 is 0.541 bits per heavy atom. The van der Waals surface area contributed by atoms with Gasteiger partial charge in [0, 0.05) is 11.3 Å². The lowest BCUT2D eigenvalue weighted by molar-refractivity contribution is 0.658.